The van der Waals surface area contributed by atoms with Gasteiger partial charge in [-0.15, -0.1) is 0 Å². The molecule has 0 aromatic carbocycles. The maximum absolute atomic E-state index is 13.2. The Morgan fingerprint density at radius 3 is 2.07 bits per heavy atom. The Morgan fingerprint density at radius 1 is 0.881 bits per heavy atom. The molecule has 4 unspecified atom stereocenters. The monoisotopic (exact) mass is 590 g/mol. The zero-order chi connectivity index (χ0) is 31.4. The first kappa shape index (κ1) is 32.9. The molecule has 0 spiro atoms. The molecule has 0 bridgehead atoms. The largest absolute Gasteiger partial charge is 0.481 e. The number of hydrogen-bond acceptors (Lipinski definition) is 7. The fraction of sp³-hybridized carbons (Fsp3) is 0.882. The van der Waals surface area contributed by atoms with Gasteiger partial charge >= 0.3 is 17.9 Å². The molecule has 0 saturated heterocycles. The van der Waals surface area contributed by atoms with Crippen LogP contribution in [0.5, 0.6) is 0 Å². The van der Waals surface area contributed by atoms with E-state index in [0.717, 1.165) is 32.1 Å². The average molecular weight is 591 g/mol. The molecular weight excluding hydrogens is 536 g/mol. The molecule has 0 aliphatic heterocycles. The Bertz CT molecular complexity index is 1090. The van der Waals surface area contributed by atoms with Crippen LogP contribution in [-0.4, -0.2) is 52.2 Å². The van der Waals surface area contributed by atoms with Gasteiger partial charge < -0.3 is 19.7 Å². The number of aliphatic carboxylic acids is 1. The van der Waals surface area contributed by atoms with Crippen LogP contribution in [-0.2, 0) is 28.7 Å². The van der Waals surface area contributed by atoms with Crippen molar-refractivity contribution in [3.63, 3.8) is 0 Å². The van der Waals surface area contributed by atoms with Crippen molar-refractivity contribution in [1.82, 2.24) is 0 Å². The van der Waals surface area contributed by atoms with Crippen LogP contribution in [0.2, 0.25) is 0 Å². The van der Waals surface area contributed by atoms with Gasteiger partial charge in [0.1, 0.15) is 18.0 Å². The summed E-state index contributed by atoms with van der Waals surface area (Å²) in [4.78, 5) is 52.0. The zero-order valence-corrected chi connectivity index (χ0v) is 27.0. The van der Waals surface area contributed by atoms with Crippen molar-refractivity contribution in [2.45, 2.75) is 138 Å². The third-order valence-corrected chi connectivity index (χ3v) is 13.3. The van der Waals surface area contributed by atoms with E-state index in [-0.39, 0.29) is 40.3 Å². The number of fused-ring (bicyclic) bond motifs is 5. The number of carbonyl (C=O) groups is 4. The number of carbonyl (C=O) groups excluding carboxylic acids is 3. The third kappa shape index (κ3) is 5.11. The van der Waals surface area contributed by atoms with Crippen molar-refractivity contribution >= 4 is 23.7 Å². The van der Waals surface area contributed by atoms with Gasteiger partial charge in [0.2, 0.25) is 0 Å². The van der Waals surface area contributed by atoms with E-state index in [2.05, 4.69) is 27.7 Å². The first-order valence-corrected chi connectivity index (χ1v) is 16.3. The first-order chi connectivity index (χ1) is 19.5. The van der Waals surface area contributed by atoms with Crippen molar-refractivity contribution in [1.29, 1.82) is 0 Å². The Labute approximate surface area is 251 Å². The topological polar surface area (TPSA) is 127 Å². The maximum atomic E-state index is 13.2. The maximum Gasteiger partial charge on any atom is 0.308 e. The van der Waals surface area contributed by atoms with E-state index >= 15 is 0 Å². The lowest BCUT2D eigenvalue weighted by Crippen LogP contribution is -2.70. The average Bonchev–Trinajstić information content (AvgIpc) is 2.89. The van der Waals surface area contributed by atoms with E-state index in [1.165, 1.54) is 20.3 Å². The van der Waals surface area contributed by atoms with Gasteiger partial charge in [-0.25, -0.2) is 0 Å². The Hall–Kier alpha value is -1.96. The molecule has 12 atom stereocenters. The Balaban J connectivity index is 1.86. The SMILES string of the molecule is CCC(O)CC(=O)O[C@@H]1CC2[C@]3(C)CCC4[C@@](C)(CC)CCC[C@]4(C)C3C[C@H](OC(C)=O)[C@]2(C)[C@@H](C(=O)O)[C@@H]1C(C)=O. The van der Waals surface area contributed by atoms with Crippen molar-refractivity contribution in [3.8, 4) is 0 Å². The fourth-order valence-electron chi connectivity index (χ4n) is 11.2. The summed E-state index contributed by atoms with van der Waals surface area (Å²) < 4.78 is 12.0. The predicted octanol–water partition coefficient (Wildman–Crippen LogP) is 5.97. The summed E-state index contributed by atoms with van der Waals surface area (Å²) in [6, 6.07) is 0. The summed E-state index contributed by atoms with van der Waals surface area (Å²) in [5.74, 6) is -4.39. The molecule has 4 aliphatic rings. The van der Waals surface area contributed by atoms with Gasteiger partial charge in [-0.2, -0.15) is 0 Å². The molecule has 238 valence electrons. The molecule has 0 radical (unpaired) electrons. The quantitative estimate of drug-likeness (QED) is 0.331. The van der Waals surface area contributed by atoms with Crippen molar-refractivity contribution in [2.75, 3.05) is 0 Å². The molecule has 0 aromatic heterocycles. The molecule has 0 heterocycles. The number of carboxylic acids is 1. The number of hydrogen-bond donors (Lipinski definition) is 2. The minimum absolute atomic E-state index is 0.0106. The van der Waals surface area contributed by atoms with Crippen LogP contribution in [0.15, 0.2) is 0 Å². The number of ketones is 1. The molecule has 8 heteroatoms. The van der Waals surface area contributed by atoms with Crippen LogP contribution in [0.1, 0.15) is 120 Å². The number of aliphatic hydroxyl groups excluding tert-OH is 1. The number of aliphatic hydroxyl groups is 1. The molecule has 8 nitrogen and oxygen atoms in total. The molecule has 4 saturated carbocycles. The second-order valence-corrected chi connectivity index (χ2v) is 15.3. The molecule has 4 fully saturated rings. The van der Waals surface area contributed by atoms with Crippen LogP contribution >= 0.6 is 0 Å². The summed E-state index contributed by atoms with van der Waals surface area (Å²) in [7, 11) is 0. The third-order valence-electron chi connectivity index (χ3n) is 13.3. The predicted molar refractivity (Wildman–Crippen MR) is 157 cm³/mol. The molecule has 4 aliphatic carbocycles. The van der Waals surface area contributed by atoms with Gasteiger partial charge in [-0.05, 0) is 85.9 Å². The van der Waals surface area contributed by atoms with E-state index in [1.807, 2.05) is 6.92 Å². The molecular formula is C34H54O8. The highest BCUT2D eigenvalue weighted by atomic mass is 16.6. The second kappa shape index (κ2) is 11.5. The normalized spacial score (nSPS) is 45.4. The summed E-state index contributed by atoms with van der Waals surface area (Å²) in [5.41, 5.74) is -1.12. The van der Waals surface area contributed by atoms with Gasteiger partial charge in [0.15, 0.2) is 0 Å². The van der Waals surface area contributed by atoms with Gasteiger partial charge in [-0.3, -0.25) is 19.2 Å². The molecule has 0 amide bonds. The van der Waals surface area contributed by atoms with Crippen LogP contribution < -0.4 is 0 Å². The van der Waals surface area contributed by atoms with Crippen molar-refractivity contribution < 1.29 is 38.9 Å². The van der Waals surface area contributed by atoms with Crippen LogP contribution in [0.3, 0.4) is 0 Å². The van der Waals surface area contributed by atoms with E-state index in [1.54, 1.807) is 6.92 Å². The zero-order valence-electron chi connectivity index (χ0n) is 27.0. The summed E-state index contributed by atoms with van der Waals surface area (Å²) in [6.45, 7) is 15.8. The van der Waals surface area contributed by atoms with E-state index in [0.29, 0.717) is 25.2 Å². The van der Waals surface area contributed by atoms with Crippen LogP contribution in [0.4, 0.5) is 0 Å². The number of Topliss-reactive ketones (excluding diaryl/α,β-unsaturated/α-hetero) is 1. The lowest BCUT2D eigenvalue weighted by atomic mass is 9.33. The highest BCUT2D eigenvalue weighted by Crippen LogP contribution is 2.74. The summed E-state index contributed by atoms with van der Waals surface area (Å²) in [5, 5.41) is 20.9. The second-order valence-electron chi connectivity index (χ2n) is 15.3. The number of carboxylic acid groups (broad SMARTS) is 1. The van der Waals surface area contributed by atoms with E-state index < -0.39 is 53.5 Å². The van der Waals surface area contributed by atoms with Crippen LogP contribution in [0, 0.1) is 51.2 Å². The lowest BCUT2D eigenvalue weighted by Gasteiger charge is -2.71. The molecule has 2 N–H and O–H groups in total. The smallest absolute Gasteiger partial charge is 0.308 e. The molecule has 42 heavy (non-hydrogen) atoms. The van der Waals surface area contributed by atoms with Gasteiger partial charge in [-0.1, -0.05) is 54.4 Å². The van der Waals surface area contributed by atoms with Gasteiger partial charge in [0.25, 0.3) is 0 Å². The Morgan fingerprint density at radius 2 is 1.52 bits per heavy atom. The lowest BCUT2D eigenvalue weighted by molar-refractivity contribution is -0.268. The van der Waals surface area contributed by atoms with Crippen LogP contribution in [0.25, 0.3) is 0 Å². The Kier molecular flexibility index (Phi) is 9.03. The van der Waals surface area contributed by atoms with E-state index in [9.17, 15) is 29.4 Å². The van der Waals surface area contributed by atoms with Crippen molar-refractivity contribution in [2.24, 2.45) is 51.2 Å². The van der Waals surface area contributed by atoms with Gasteiger partial charge in [0.05, 0.1) is 24.4 Å². The van der Waals surface area contributed by atoms with E-state index in [4.69, 9.17) is 9.47 Å². The number of ether oxygens (including phenoxy) is 2. The van der Waals surface area contributed by atoms with Crippen molar-refractivity contribution in [3.05, 3.63) is 0 Å². The highest BCUT2D eigenvalue weighted by Gasteiger charge is 2.72. The summed E-state index contributed by atoms with van der Waals surface area (Å²) >= 11 is 0. The first-order valence-electron chi connectivity index (χ1n) is 16.3. The minimum Gasteiger partial charge on any atom is -0.481 e. The molecule has 0 aromatic rings. The van der Waals surface area contributed by atoms with Gasteiger partial charge in [0, 0.05) is 12.3 Å². The standard InChI is InChI=1S/C34H54O8/c1-9-21(37)16-27(38)42-22-17-25-33(7)15-12-23-31(5,10-2)13-11-14-32(23,6)24(33)18-26(41-20(4)36)34(25,8)29(30(39)40)28(22)19(3)35/h21-26,28-29,37H,9-18H2,1-8H3,(H,39,40)/t21?,22-,23?,24?,25?,26+,28-,29-,31+,32+,33-,34-/m1/s1. The fourth-order valence-corrected chi connectivity index (χ4v) is 11.2. The molecule has 4 rings (SSSR count). The number of esters is 2. The highest BCUT2D eigenvalue weighted by molar-refractivity contribution is 5.86. The number of rotatable bonds is 8. The minimum atomic E-state index is -1.19. The summed E-state index contributed by atoms with van der Waals surface area (Å²) in [6.07, 6.45) is 5.07.